The zero-order chi connectivity index (χ0) is 34.1. The van der Waals surface area contributed by atoms with Crippen LogP contribution in [-0.4, -0.2) is 93.4 Å². The third kappa shape index (κ3) is 10.4. The number of hydrogen-bond donors (Lipinski definition) is 1. The third-order valence-electron chi connectivity index (χ3n) is 7.88. The van der Waals surface area contributed by atoms with E-state index in [4.69, 9.17) is 19.0 Å². The van der Waals surface area contributed by atoms with Crippen LogP contribution in [-0.2, 0) is 23.9 Å². The second kappa shape index (κ2) is 16.0. The molecule has 2 fully saturated rings. The number of aromatic nitrogens is 2. The van der Waals surface area contributed by atoms with Crippen molar-refractivity contribution in [2.45, 2.75) is 110 Å². The van der Waals surface area contributed by atoms with Crippen LogP contribution in [0.15, 0.2) is 36.4 Å². The predicted molar refractivity (Wildman–Crippen MR) is 172 cm³/mol. The van der Waals surface area contributed by atoms with E-state index in [0.29, 0.717) is 11.4 Å². The van der Waals surface area contributed by atoms with E-state index in [9.17, 15) is 19.2 Å². The van der Waals surface area contributed by atoms with Crippen molar-refractivity contribution in [1.29, 1.82) is 0 Å². The molecule has 47 heavy (non-hydrogen) atoms. The summed E-state index contributed by atoms with van der Waals surface area (Å²) in [7, 11) is 0. The first-order valence-electron chi connectivity index (χ1n) is 16.4. The highest BCUT2D eigenvalue weighted by Crippen LogP contribution is 2.26. The molecule has 1 aliphatic heterocycles. The lowest BCUT2D eigenvalue weighted by molar-refractivity contribution is -0.186. The summed E-state index contributed by atoms with van der Waals surface area (Å²) in [5.74, 6) is -0.861. The van der Waals surface area contributed by atoms with Gasteiger partial charge in [0.05, 0.1) is 19.2 Å². The van der Waals surface area contributed by atoms with Crippen LogP contribution >= 0.6 is 0 Å². The van der Waals surface area contributed by atoms with Gasteiger partial charge in [-0.3, -0.25) is 14.4 Å². The van der Waals surface area contributed by atoms with Gasteiger partial charge < -0.3 is 29.3 Å². The molecule has 1 saturated heterocycles. The number of amides is 2. The second-order valence-corrected chi connectivity index (χ2v) is 13.0. The smallest absolute Gasteiger partial charge is 0.474 e. The number of piperazine rings is 1. The Bertz CT molecular complexity index is 1390. The largest absolute Gasteiger partial charge is 0.527 e. The van der Waals surface area contributed by atoms with Gasteiger partial charge in [-0.15, -0.1) is 5.06 Å². The number of rotatable bonds is 11. The summed E-state index contributed by atoms with van der Waals surface area (Å²) in [5, 5.41) is 4.33. The summed E-state index contributed by atoms with van der Waals surface area (Å²) in [4.78, 5) is 68.6. The number of nitrogens with one attached hydrogen (secondary N) is 1. The summed E-state index contributed by atoms with van der Waals surface area (Å²) >= 11 is 0. The summed E-state index contributed by atoms with van der Waals surface area (Å²) in [5.41, 5.74) is 0.0430. The number of carbonyl (C=O) groups is 4. The number of benzene rings is 1. The maximum Gasteiger partial charge on any atom is 0.527 e. The molecule has 256 valence electrons. The monoisotopic (exact) mass is 653 g/mol. The minimum Gasteiger partial charge on any atom is -0.474 e. The van der Waals surface area contributed by atoms with E-state index < -0.39 is 29.7 Å². The molecule has 0 spiro atoms. The van der Waals surface area contributed by atoms with Crippen molar-refractivity contribution in [3.05, 3.63) is 42.1 Å². The Morgan fingerprint density at radius 1 is 1.00 bits per heavy atom. The maximum atomic E-state index is 14.1. The standard InChI is InChI=1S/C34H47N5O8/c1-7-44-33(43)47-39-21-22(2)38(20-23(39)3)32(42)26(17-18-29(40)46-34(4,5)6)36-31(41)27-19-28(45-25-15-11-12-16-25)37-30(35-27)24-13-9-8-10-14-24/h8-10,13-14,19,22-23,25-26H,7,11-12,15-18,20-21H2,1-6H3,(H,36,41)/t22-,23+,26-/m0/s1. The zero-order valence-corrected chi connectivity index (χ0v) is 28.2. The van der Waals surface area contributed by atoms with Gasteiger partial charge >= 0.3 is 12.1 Å². The predicted octanol–water partition coefficient (Wildman–Crippen LogP) is 4.69. The molecule has 13 heteroatoms. The summed E-state index contributed by atoms with van der Waals surface area (Å²) in [6.07, 6.45) is 3.03. The number of carbonyl (C=O) groups excluding carboxylic acids is 4. The van der Waals surface area contributed by atoms with Crippen molar-refractivity contribution in [3.8, 4) is 17.3 Å². The molecule has 3 atom stereocenters. The van der Waals surface area contributed by atoms with Crippen LogP contribution in [0.5, 0.6) is 5.88 Å². The van der Waals surface area contributed by atoms with Gasteiger partial charge in [0.2, 0.25) is 11.8 Å². The highest BCUT2D eigenvalue weighted by molar-refractivity contribution is 5.97. The fraction of sp³-hybridized carbons (Fsp3) is 0.588. The SMILES string of the molecule is CCOC(=O)ON1C[C@H](C)N(C(=O)[C@H](CCC(=O)OC(C)(C)C)NC(=O)c2cc(OC3CCCC3)nc(-c3ccccc3)n2)C[C@H]1C. The number of ether oxygens (including phenoxy) is 3. The molecule has 0 bridgehead atoms. The Kier molecular flexibility index (Phi) is 12.1. The van der Waals surface area contributed by atoms with E-state index >= 15 is 0 Å². The van der Waals surface area contributed by atoms with Crippen molar-refractivity contribution in [3.63, 3.8) is 0 Å². The molecular formula is C34H47N5O8. The van der Waals surface area contributed by atoms with Gasteiger partial charge in [0.1, 0.15) is 23.4 Å². The fourth-order valence-corrected chi connectivity index (χ4v) is 5.61. The first-order chi connectivity index (χ1) is 22.3. The van der Waals surface area contributed by atoms with Crippen molar-refractivity contribution in [2.75, 3.05) is 19.7 Å². The lowest BCUT2D eigenvalue weighted by Gasteiger charge is -2.43. The lowest BCUT2D eigenvalue weighted by atomic mass is 10.0. The molecule has 1 aliphatic carbocycles. The first kappa shape index (κ1) is 35.6. The molecule has 2 amide bonds. The first-order valence-corrected chi connectivity index (χ1v) is 16.4. The molecule has 0 unspecified atom stereocenters. The average molecular weight is 654 g/mol. The van der Waals surface area contributed by atoms with E-state index in [1.54, 1.807) is 32.6 Å². The topological polar surface area (TPSA) is 149 Å². The summed E-state index contributed by atoms with van der Waals surface area (Å²) in [6, 6.07) is 8.96. The van der Waals surface area contributed by atoms with E-state index in [1.165, 1.54) is 11.1 Å². The molecule has 0 radical (unpaired) electrons. The number of hydrogen-bond acceptors (Lipinski definition) is 11. The Hall–Kier alpha value is -4.26. The Balaban J connectivity index is 1.57. The highest BCUT2D eigenvalue weighted by atomic mass is 16.8. The average Bonchev–Trinajstić information content (AvgIpc) is 3.53. The van der Waals surface area contributed by atoms with Crippen LogP contribution in [0.4, 0.5) is 4.79 Å². The molecule has 1 aromatic heterocycles. The lowest BCUT2D eigenvalue weighted by Crippen LogP contribution is -2.61. The number of esters is 1. The Morgan fingerprint density at radius 3 is 2.36 bits per heavy atom. The quantitative estimate of drug-likeness (QED) is 0.337. The molecule has 1 aromatic carbocycles. The summed E-state index contributed by atoms with van der Waals surface area (Å²) < 4.78 is 16.5. The van der Waals surface area contributed by atoms with Gasteiger partial charge in [-0.25, -0.2) is 9.78 Å². The molecule has 13 nitrogen and oxygen atoms in total. The van der Waals surface area contributed by atoms with E-state index in [-0.39, 0.29) is 68.2 Å². The number of hydroxylamine groups is 2. The van der Waals surface area contributed by atoms with Crippen molar-refractivity contribution in [2.24, 2.45) is 0 Å². The maximum absolute atomic E-state index is 14.1. The molecule has 2 aliphatic rings. The van der Waals surface area contributed by atoms with Crippen molar-refractivity contribution in [1.82, 2.24) is 25.2 Å². The van der Waals surface area contributed by atoms with Crippen LogP contribution in [0.1, 0.15) is 90.6 Å². The highest BCUT2D eigenvalue weighted by Gasteiger charge is 2.38. The number of nitrogens with zero attached hydrogens (tertiary/aromatic N) is 4. The Labute approximate surface area is 276 Å². The fourth-order valence-electron chi connectivity index (χ4n) is 5.61. The molecule has 1 N–H and O–H groups in total. The minimum absolute atomic E-state index is 0.00217. The summed E-state index contributed by atoms with van der Waals surface area (Å²) in [6.45, 7) is 11.2. The van der Waals surface area contributed by atoms with Gasteiger partial charge in [-0.1, -0.05) is 30.3 Å². The normalized spacial score (nSPS) is 19.5. The molecule has 2 aromatic rings. The van der Waals surface area contributed by atoms with Crippen LogP contribution in [0.25, 0.3) is 11.4 Å². The molecular weight excluding hydrogens is 606 g/mol. The van der Waals surface area contributed by atoms with E-state index in [2.05, 4.69) is 15.3 Å². The van der Waals surface area contributed by atoms with Gasteiger partial charge in [0.15, 0.2) is 5.82 Å². The van der Waals surface area contributed by atoms with Gasteiger partial charge in [-0.2, -0.15) is 4.98 Å². The van der Waals surface area contributed by atoms with Gasteiger partial charge in [0.25, 0.3) is 5.91 Å². The van der Waals surface area contributed by atoms with E-state index in [0.717, 1.165) is 25.7 Å². The van der Waals surface area contributed by atoms with Crippen LogP contribution in [0.2, 0.25) is 0 Å². The van der Waals surface area contributed by atoms with E-state index in [1.807, 2.05) is 44.2 Å². The molecule has 2 heterocycles. The van der Waals surface area contributed by atoms with Crippen molar-refractivity contribution >= 4 is 23.9 Å². The van der Waals surface area contributed by atoms with Gasteiger partial charge in [-0.05, 0) is 73.6 Å². The van der Waals surface area contributed by atoms with Gasteiger partial charge in [0, 0.05) is 30.6 Å². The Morgan fingerprint density at radius 2 is 1.70 bits per heavy atom. The van der Waals surface area contributed by atoms with Crippen molar-refractivity contribution < 1.29 is 38.2 Å². The third-order valence-corrected chi connectivity index (χ3v) is 7.88. The van der Waals surface area contributed by atoms with Crippen LogP contribution < -0.4 is 10.1 Å². The molecule has 4 rings (SSSR count). The minimum atomic E-state index is -1.07. The zero-order valence-electron chi connectivity index (χ0n) is 28.2. The second-order valence-electron chi connectivity index (χ2n) is 13.0. The molecule has 1 saturated carbocycles. The van der Waals surface area contributed by atoms with Crippen LogP contribution in [0.3, 0.4) is 0 Å². The van der Waals surface area contributed by atoms with Crippen LogP contribution in [0, 0.1) is 0 Å².